The largest absolute Gasteiger partial charge is 0.461 e. The number of esters is 1. The topological polar surface area (TPSA) is 58.9 Å². The molecular weight excluding hydrogens is 190 g/mol. The Hall–Kier alpha value is -1.36. The molecule has 0 bridgehead atoms. The summed E-state index contributed by atoms with van der Waals surface area (Å²) >= 11 is 1.32. The fraction of sp³-hybridized carbons (Fsp3) is 0.250. The van der Waals surface area contributed by atoms with Crippen LogP contribution in [0.5, 0.6) is 0 Å². The number of carbonyl (C=O) groups is 1. The van der Waals surface area contributed by atoms with Gasteiger partial charge in [0.1, 0.15) is 0 Å². The van der Waals surface area contributed by atoms with E-state index in [1.165, 1.54) is 11.3 Å². The quantitative estimate of drug-likeness (QED) is 0.347. The van der Waals surface area contributed by atoms with Crippen molar-refractivity contribution in [2.45, 2.75) is 6.92 Å². The Morgan fingerprint density at radius 1 is 1.77 bits per heavy atom. The molecule has 1 rings (SSSR count). The lowest BCUT2D eigenvalue weighted by atomic mass is 10.3. The summed E-state index contributed by atoms with van der Waals surface area (Å²) in [5.74, 6) is -0.604. The van der Waals surface area contributed by atoms with E-state index in [1.54, 1.807) is 24.4 Å². The van der Waals surface area contributed by atoms with Crippen molar-refractivity contribution in [2.24, 2.45) is 5.16 Å². The van der Waals surface area contributed by atoms with Gasteiger partial charge in [0.15, 0.2) is 0 Å². The number of hydrogen-bond acceptors (Lipinski definition) is 5. The summed E-state index contributed by atoms with van der Waals surface area (Å²) in [5.41, 5.74) is -0.0446. The average Bonchev–Trinajstić information content (AvgIpc) is 2.59. The van der Waals surface area contributed by atoms with Crippen molar-refractivity contribution in [3.8, 4) is 0 Å². The molecule has 13 heavy (non-hydrogen) atoms. The fourth-order valence-electron chi connectivity index (χ4n) is 0.803. The van der Waals surface area contributed by atoms with Gasteiger partial charge >= 0.3 is 5.97 Å². The Morgan fingerprint density at radius 3 is 3.00 bits per heavy atom. The maximum atomic E-state index is 11.2. The van der Waals surface area contributed by atoms with Gasteiger partial charge < -0.3 is 9.94 Å². The Kier molecular flexibility index (Phi) is 3.45. The van der Waals surface area contributed by atoms with Gasteiger partial charge in [-0.1, -0.05) is 11.2 Å². The minimum Gasteiger partial charge on any atom is -0.461 e. The van der Waals surface area contributed by atoms with Crippen LogP contribution in [0.3, 0.4) is 0 Å². The molecule has 0 aromatic carbocycles. The van der Waals surface area contributed by atoms with Crippen LogP contribution in [0.1, 0.15) is 11.8 Å². The number of nitrogens with zero attached hydrogens (tertiary/aromatic N) is 1. The number of hydrogen-bond donors (Lipinski definition) is 1. The van der Waals surface area contributed by atoms with Crippen LogP contribution in [-0.2, 0) is 9.53 Å². The van der Waals surface area contributed by atoms with E-state index in [2.05, 4.69) is 5.16 Å². The maximum absolute atomic E-state index is 11.2. The van der Waals surface area contributed by atoms with Crippen molar-refractivity contribution < 1.29 is 14.7 Å². The van der Waals surface area contributed by atoms with E-state index in [0.29, 0.717) is 4.88 Å². The number of oxime groups is 1. The summed E-state index contributed by atoms with van der Waals surface area (Å²) in [7, 11) is 0. The number of carbonyl (C=O) groups excluding carboxylic acids is 1. The van der Waals surface area contributed by atoms with E-state index in [4.69, 9.17) is 9.94 Å². The van der Waals surface area contributed by atoms with E-state index >= 15 is 0 Å². The number of rotatable bonds is 3. The van der Waals surface area contributed by atoms with Crippen molar-refractivity contribution in [2.75, 3.05) is 6.61 Å². The lowest BCUT2D eigenvalue weighted by Gasteiger charge is -2.00. The molecule has 0 aliphatic carbocycles. The van der Waals surface area contributed by atoms with Crippen molar-refractivity contribution in [3.05, 3.63) is 22.4 Å². The zero-order valence-electron chi connectivity index (χ0n) is 7.06. The van der Waals surface area contributed by atoms with E-state index in [-0.39, 0.29) is 12.3 Å². The lowest BCUT2D eigenvalue weighted by molar-refractivity contribution is -0.135. The van der Waals surface area contributed by atoms with Crippen LogP contribution in [0.2, 0.25) is 0 Å². The van der Waals surface area contributed by atoms with Crippen molar-refractivity contribution >= 4 is 23.0 Å². The highest BCUT2D eigenvalue weighted by Gasteiger charge is 2.16. The second-order valence-electron chi connectivity index (χ2n) is 2.15. The summed E-state index contributed by atoms with van der Waals surface area (Å²) in [6, 6.07) is 3.46. The van der Waals surface area contributed by atoms with Gasteiger partial charge in [0.25, 0.3) is 0 Å². The Labute approximate surface area is 79.5 Å². The molecule has 1 N–H and O–H groups in total. The zero-order chi connectivity index (χ0) is 9.68. The van der Waals surface area contributed by atoms with Crippen molar-refractivity contribution in [1.29, 1.82) is 0 Å². The van der Waals surface area contributed by atoms with E-state index in [9.17, 15) is 4.79 Å². The molecule has 70 valence electrons. The predicted molar refractivity (Wildman–Crippen MR) is 49.3 cm³/mol. The van der Waals surface area contributed by atoms with Crippen LogP contribution >= 0.6 is 11.3 Å². The molecule has 1 aromatic rings. The second-order valence-corrected chi connectivity index (χ2v) is 3.09. The SMILES string of the molecule is CCOC(=O)C(=NO)c1cccs1. The molecule has 0 saturated carbocycles. The van der Waals surface area contributed by atoms with Crippen LogP contribution in [0, 0.1) is 0 Å². The van der Waals surface area contributed by atoms with Crippen LogP contribution in [0.15, 0.2) is 22.7 Å². The first-order valence-electron chi connectivity index (χ1n) is 3.72. The highest BCUT2D eigenvalue weighted by molar-refractivity contribution is 7.13. The summed E-state index contributed by atoms with van der Waals surface area (Å²) < 4.78 is 4.70. The molecule has 0 aliphatic heterocycles. The maximum Gasteiger partial charge on any atom is 0.361 e. The minimum atomic E-state index is -0.604. The van der Waals surface area contributed by atoms with Gasteiger partial charge in [-0.25, -0.2) is 4.79 Å². The fourth-order valence-corrected chi connectivity index (χ4v) is 1.50. The molecule has 0 unspecified atom stereocenters. The summed E-state index contributed by atoms with van der Waals surface area (Å²) in [6.07, 6.45) is 0. The average molecular weight is 199 g/mol. The van der Waals surface area contributed by atoms with Crippen LogP contribution in [0.25, 0.3) is 0 Å². The third kappa shape index (κ3) is 2.29. The van der Waals surface area contributed by atoms with E-state index in [0.717, 1.165) is 0 Å². The Balaban J connectivity index is 2.82. The zero-order valence-corrected chi connectivity index (χ0v) is 7.87. The van der Waals surface area contributed by atoms with Crippen molar-refractivity contribution in [1.82, 2.24) is 0 Å². The molecule has 0 fully saturated rings. The lowest BCUT2D eigenvalue weighted by Crippen LogP contribution is -2.17. The van der Waals surface area contributed by atoms with Gasteiger partial charge in [-0.15, -0.1) is 11.3 Å². The summed E-state index contributed by atoms with van der Waals surface area (Å²) in [5, 5.41) is 13.3. The third-order valence-corrected chi connectivity index (χ3v) is 2.20. The first-order valence-corrected chi connectivity index (χ1v) is 4.60. The van der Waals surface area contributed by atoms with Gasteiger partial charge in [0, 0.05) is 0 Å². The standard InChI is InChI=1S/C8H9NO3S/c1-2-12-8(10)7(9-11)6-4-3-5-13-6/h3-5,11H,2H2,1H3. The minimum absolute atomic E-state index is 0.0446. The Morgan fingerprint density at radius 2 is 2.54 bits per heavy atom. The predicted octanol–water partition coefficient (Wildman–Crippen LogP) is 1.49. The molecule has 0 aliphatic rings. The van der Waals surface area contributed by atoms with Gasteiger partial charge in [-0.05, 0) is 18.4 Å². The molecule has 1 aromatic heterocycles. The number of ether oxygens (including phenoxy) is 1. The van der Waals surface area contributed by atoms with Crippen molar-refractivity contribution in [3.63, 3.8) is 0 Å². The van der Waals surface area contributed by atoms with Crippen LogP contribution < -0.4 is 0 Å². The third-order valence-electron chi connectivity index (χ3n) is 1.32. The molecule has 4 nitrogen and oxygen atoms in total. The molecular formula is C8H9NO3S. The first kappa shape index (κ1) is 9.73. The number of thiophene rings is 1. The first-order chi connectivity index (χ1) is 6.29. The molecule has 0 atom stereocenters. The molecule has 0 radical (unpaired) electrons. The molecule has 0 amide bonds. The molecule has 0 saturated heterocycles. The van der Waals surface area contributed by atoms with Gasteiger partial charge in [-0.3, -0.25) is 0 Å². The molecule has 1 heterocycles. The van der Waals surface area contributed by atoms with Crippen LogP contribution in [-0.4, -0.2) is 23.5 Å². The monoisotopic (exact) mass is 199 g/mol. The highest BCUT2D eigenvalue weighted by Crippen LogP contribution is 2.10. The van der Waals surface area contributed by atoms with Crippen LogP contribution in [0.4, 0.5) is 0 Å². The molecule has 5 heteroatoms. The van der Waals surface area contributed by atoms with E-state index in [1.807, 2.05) is 0 Å². The summed E-state index contributed by atoms with van der Waals surface area (Å²) in [4.78, 5) is 11.8. The molecule has 0 spiro atoms. The van der Waals surface area contributed by atoms with Gasteiger partial charge in [-0.2, -0.15) is 0 Å². The smallest absolute Gasteiger partial charge is 0.361 e. The highest BCUT2D eigenvalue weighted by atomic mass is 32.1. The van der Waals surface area contributed by atoms with E-state index < -0.39 is 5.97 Å². The second kappa shape index (κ2) is 4.61. The van der Waals surface area contributed by atoms with Gasteiger partial charge in [0.05, 0.1) is 11.5 Å². The summed E-state index contributed by atoms with van der Waals surface area (Å²) in [6.45, 7) is 1.96. The van der Waals surface area contributed by atoms with Gasteiger partial charge in [0.2, 0.25) is 5.71 Å². The Bertz CT molecular complexity index is 305. The normalized spacial score (nSPS) is 11.3.